The number of hydrogen-bond acceptors (Lipinski definition) is 2. The van der Waals surface area contributed by atoms with Crippen LogP contribution in [0.3, 0.4) is 0 Å². The van der Waals surface area contributed by atoms with Crippen molar-refractivity contribution < 1.29 is 9.47 Å². The lowest BCUT2D eigenvalue weighted by atomic mass is 9.93. The molecule has 3 rings (SSSR count). The molecule has 0 amide bonds. The van der Waals surface area contributed by atoms with Gasteiger partial charge in [0.25, 0.3) is 0 Å². The molecule has 0 aromatic heterocycles. The highest BCUT2D eigenvalue weighted by Crippen LogP contribution is 2.34. The first-order chi connectivity index (χ1) is 12.2. The smallest absolute Gasteiger partial charge is 0.197 e. The first-order valence-corrected chi connectivity index (χ1v) is 9.03. The molecule has 130 valence electrons. The number of hydrogen-bond donors (Lipinski definition) is 0. The van der Waals surface area contributed by atoms with E-state index in [-0.39, 0.29) is 6.29 Å². The Kier molecular flexibility index (Phi) is 5.72. The van der Waals surface area contributed by atoms with Gasteiger partial charge in [-0.1, -0.05) is 74.5 Å². The summed E-state index contributed by atoms with van der Waals surface area (Å²) in [6.07, 6.45) is 0.818. The van der Waals surface area contributed by atoms with Crippen molar-refractivity contribution in [3.05, 3.63) is 77.9 Å². The van der Waals surface area contributed by atoms with Crippen LogP contribution in [0.25, 0.3) is 10.8 Å². The molecule has 0 radical (unpaired) electrons. The Morgan fingerprint density at radius 1 is 0.800 bits per heavy atom. The minimum Gasteiger partial charge on any atom is -0.465 e. The van der Waals surface area contributed by atoms with Gasteiger partial charge in [-0.25, -0.2) is 0 Å². The average molecular weight is 334 g/mol. The largest absolute Gasteiger partial charge is 0.465 e. The van der Waals surface area contributed by atoms with E-state index in [2.05, 4.69) is 62.4 Å². The Balaban J connectivity index is 1.77. The summed E-state index contributed by atoms with van der Waals surface area (Å²) in [4.78, 5) is 0. The molecule has 2 atom stereocenters. The first-order valence-electron chi connectivity index (χ1n) is 9.03. The highest BCUT2D eigenvalue weighted by Gasteiger charge is 2.13. The van der Waals surface area contributed by atoms with E-state index < -0.39 is 0 Å². The zero-order chi connectivity index (χ0) is 17.6. The predicted octanol–water partition coefficient (Wildman–Crippen LogP) is 6.29. The molecular formula is C23H26O2. The van der Waals surface area contributed by atoms with E-state index >= 15 is 0 Å². The molecule has 25 heavy (non-hydrogen) atoms. The van der Waals surface area contributed by atoms with Gasteiger partial charge >= 0.3 is 0 Å². The lowest BCUT2D eigenvalue weighted by molar-refractivity contribution is -0.0751. The molecule has 0 aliphatic carbocycles. The van der Waals surface area contributed by atoms with Gasteiger partial charge in [0.2, 0.25) is 0 Å². The van der Waals surface area contributed by atoms with Crippen LogP contribution in [0, 0.1) is 0 Å². The van der Waals surface area contributed by atoms with E-state index in [1.165, 1.54) is 10.9 Å². The van der Waals surface area contributed by atoms with E-state index in [1.807, 2.05) is 25.1 Å². The van der Waals surface area contributed by atoms with Crippen LogP contribution in [0.2, 0.25) is 0 Å². The highest BCUT2D eigenvalue weighted by molar-refractivity contribution is 5.91. The van der Waals surface area contributed by atoms with Gasteiger partial charge in [-0.2, -0.15) is 0 Å². The molecule has 0 fully saturated rings. The molecule has 0 saturated heterocycles. The van der Waals surface area contributed by atoms with Crippen LogP contribution in [0.15, 0.2) is 66.7 Å². The third-order valence-corrected chi connectivity index (χ3v) is 4.68. The molecule has 2 unspecified atom stereocenters. The molecule has 0 spiro atoms. The Hall–Kier alpha value is -2.32. The van der Waals surface area contributed by atoms with Crippen molar-refractivity contribution in [2.45, 2.75) is 46.0 Å². The van der Waals surface area contributed by atoms with Crippen LogP contribution in [0.4, 0.5) is 0 Å². The zero-order valence-electron chi connectivity index (χ0n) is 15.2. The molecular weight excluding hydrogens is 308 g/mol. The van der Waals surface area contributed by atoms with Gasteiger partial charge in [-0.15, -0.1) is 0 Å². The number of rotatable bonds is 7. The van der Waals surface area contributed by atoms with Gasteiger partial charge in [0.05, 0.1) is 6.61 Å². The summed E-state index contributed by atoms with van der Waals surface area (Å²) < 4.78 is 12.0. The summed E-state index contributed by atoms with van der Waals surface area (Å²) >= 11 is 0. The maximum absolute atomic E-state index is 6.10. The first kappa shape index (κ1) is 17.5. The third-order valence-electron chi connectivity index (χ3n) is 4.68. The van der Waals surface area contributed by atoms with Crippen molar-refractivity contribution in [3.8, 4) is 5.75 Å². The maximum atomic E-state index is 6.10. The minimum absolute atomic E-state index is 0.307. The molecule has 0 bridgehead atoms. The second kappa shape index (κ2) is 8.17. The Labute approximate surface area is 150 Å². The van der Waals surface area contributed by atoms with E-state index in [0.717, 1.165) is 23.1 Å². The van der Waals surface area contributed by atoms with Crippen molar-refractivity contribution in [3.63, 3.8) is 0 Å². The lowest BCUT2D eigenvalue weighted by Crippen LogP contribution is -2.16. The number of benzene rings is 3. The quantitative estimate of drug-likeness (QED) is 0.472. The third kappa shape index (κ3) is 4.21. The maximum Gasteiger partial charge on any atom is 0.197 e. The van der Waals surface area contributed by atoms with Crippen molar-refractivity contribution in [1.82, 2.24) is 0 Å². The fourth-order valence-electron chi connectivity index (χ4n) is 3.05. The van der Waals surface area contributed by atoms with Crippen LogP contribution >= 0.6 is 0 Å². The second-order valence-corrected chi connectivity index (χ2v) is 6.49. The van der Waals surface area contributed by atoms with Crippen molar-refractivity contribution in [1.29, 1.82) is 0 Å². The molecule has 0 aliphatic rings. The predicted molar refractivity (Wildman–Crippen MR) is 104 cm³/mol. The second-order valence-electron chi connectivity index (χ2n) is 6.49. The van der Waals surface area contributed by atoms with Crippen molar-refractivity contribution in [2.75, 3.05) is 0 Å². The highest BCUT2D eigenvalue weighted by atomic mass is 16.7. The fourth-order valence-corrected chi connectivity index (χ4v) is 3.05. The average Bonchev–Trinajstić information content (AvgIpc) is 2.67. The van der Waals surface area contributed by atoms with Crippen LogP contribution in [0.5, 0.6) is 5.75 Å². The number of fused-ring (bicyclic) bond motifs is 1. The van der Waals surface area contributed by atoms with Crippen molar-refractivity contribution >= 4 is 10.8 Å². The monoisotopic (exact) mass is 334 g/mol. The standard InChI is InChI=1S/C23H26O2/c1-4-17(2)20-14-15-23(22-13-9-8-12-21(20)22)25-18(3)24-16-19-10-6-5-7-11-19/h5-15,17-18H,4,16H2,1-3H3. The van der Waals surface area contributed by atoms with E-state index in [1.54, 1.807) is 0 Å². The molecule has 0 heterocycles. The Morgan fingerprint density at radius 2 is 1.48 bits per heavy atom. The van der Waals surface area contributed by atoms with Gasteiger partial charge in [0.15, 0.2) is 6.29 Å². The number of ether oxygens (including phenoxy) is 2. The van der Waals surface area contributed by atoms with Crippen LogP contribution in [-0.2, 0) is 11.3 Å². The minimum atomic E-state index is -0.307. The van der Waals surface area contributed by atoms with Crippen LogP contribution in [0.1, 0.15) is 44.2 Å². The Bertz CT molecular complexity index is 811. The fraction of sp³-hybridized carbons (Fsp3) is 0.304. The summed E-state index contributed by atoms with van der Waals surface area (Å²) in [6.45, 7) is 6.99. The zero-order valence-corrected chi connectivity index (χ0v) is 15.2. The van der Waals surface area contributed by atoms with Gasteiger partial charge in [0, 0.05) is 5.39 Å². The SMILES string of the molecule is CCC(C)c1ccc(OC(C)OCc2ccccc2)c2ccccc12. The lowest BCUT2D eigenvalue weighted by Gasteiger charge is -2.19. The molecule has 3 aromatic rings. The topological polar surface area (TPSA) is 18.5 Å². The summed E-state index contributed by atoms with van der Waals surface area (Å²) in [5, 5.41) is 2.42. The Morgan fingerprint density at radius 3 is 2.20 bits per heavy atom. The van der Waals surface area contributed by atoms with E-state index in [9.17, 15) is 0 Å². The van der Waals surface area contributed by atoms with Crippen molar-refractivity contribution in [2.24, 2.45) is 0 Å². The molecule has 3 aromatic carbocycles. The summed E-state index contributed by atoms with van der Waals surface area (Å²) in [5.41, 5.74) is 2.53. The van der Waals surface area contributed by atoms with Gasteiger partial charge in [0.1, 0.15) is 5.75 Å². The molecule has 0 N–H and O–H groups in total. The summed E-state index contributed by atoms with van der Waals surface area (Å²) in [6, 6.07) is 22.9. The van der Waals surface area contributed by atoms with Gasteiger partial charge < -0.3 is 9.47 Å². The molecule has 2 nitrogen and oxygen atoms in total. The summed E-state index contributed by atoms with van der Waals surface area (Å²) in [7, 11) is 0. The van der Waals surface area contributed by atoms with E-state index in [4.69, 9.17) is 9.47 Å². The van der Waals surface area contributed by atoms with Gasteiger partial charge in [-0.3, -0.25) is 0 Å². The summed E-state index contributed by atoms with van der Waals surface area (Å²) in [5.74, 6) is 1.41. The van der Waals surface area contributed by atoms with Crippen LogP contribution in [-0.4, -0.2) is 6.29 Å². The van der Waals surface area contributed by atoms with Crippen LogP contribution < -0.4 is 4.74 Å². The molecule has 0 saturated carbocycles. The normalized spacial score (nSPS) is 13.6. The molecule has 2 heteroatoms. The molecule has 0 aliphatic heterocycles. The van der Waals surface area contributed by atoms with Gasteiger partial charge in [-0.05, 0) is 41.8 Å². The van der Waals surface area contributed by atoms with E-state index in [0.29, 0.717) is 12.5 Å².